The van der Waals surface area contributed by atoms with Gasteiger partial charge in [0.25, 0.3) is 0 Å². The highest BCUT2D eigenvalue weighted by atomic mass is 35.5. The molecule has 0 unspecified atom stereocenters. The molecule has 0 aliphatic carbocycles. The molecular formula is C11H17ClN2. The van der Waals surface area contributed by atoms with E-state index in [1.807, 2.05) is 25.1 Å². The van der Waals surface area contributed by atoms with Crippen molar-refractivity contribution < 1.29 is 0 Å². The molecule has 0 saturated carbocycles. The summed E-state index contributed by atoms with van der Waals surface area (Å²) in [5.41, 5.74) is 13.6. The SMILES string of the molecule is Cc1cc([C@H](N)CCCN)ccc1Cl. The Morgan fingerprint density at radius 1 is 1.43 bits per heavy atom. The highest BCUT2D eigenvalue weighted by molar-refractivity contribution is 6.31. The molecule has 0 fully saturated rings. The molecule has 0 saturated heterocycles. The normalized spacial score (nSPS) is 12.9. The van der Waals surface area contributed by atoms with E-state index in [0.29, 0.717) is 6.54 Å². The number of benzene rings is 1. The fourth-order valence-electron chi connectivity index (χ4n) is 1.40. The maximum atomic E-state index is 6.00. The molecule has 0 bridgehead atoms. The van der Waals surface area contributed by atoms with Crippen molar-refractivity contribution in [3.8, 4) is 0 Å². The fourth-order valence-corrected chi connectivity index (χ4v) is 1.52. The molecule has 3 heteroatoms. The minimum atomic E-state index is 0.0783. The Kier molecular flexibility index (Phi) is 4.39. The third-order valence-electron chi connectivity index (χ3n) is 2.33. The van der Waals surface area contributed by atoms with Crippen molar-refractivity contribution in [3.05, 3.63) is 34.3 Å². The number of hydrogen-bond acceptors (Lipinski definition) is 2. The topological polar surface area (TPSA) is 52.0 Å². The van der Waals surface area contributed by atoms with E-state index in [4.69, 9.17) is 23.1 Å². The Labute approximate surface area is 90.2 Å². The lowest BCUT2D eigenvalue weighted by Crippen LogP contribution is -2.12. The number of halogens is 1. The maximum absolute atomic E-state index is 6.00. The molecule has 0 aromatic heterocycles. The number of rotatable bonds is 4. The van der Waals surface area contributed by atoms with Gasteiger partial charge in [-0.3, -0.25) is 0 Å². The average molecular weight is 213 g/mol. The molecule has 0 amide bonds. The van der Waals surface area contributed by atoms with Crippen molar-refractivity contribution in [2.24, 2.45) is 11.5 Å². The third-order valence-corrected chi connectivity index (χ3v) is 2.75. The lowest BCUT2D eigenvalue weighted by atomic mass is 10.0. The van der Waals surface area contributed by atoms with Crippen LogP contribution in [0, 0.1) is 6.92 Å². The smallest absolute Gasteiger partial charge is 0.0435 e. The first-order valence-corrected chi connectivity index (χ1v) is 5.24. The Bertz CT molecular complexity index is 299. The molecule has 78 valence electrons. The van der Waals surface area contributed by atoms with Crippen LogP contribution in [-0.2, 0) is 0 Å². The van der Waals surface area contributed by atoms with Crippen molar-refractivity contribution in [2.45, 2.75) is 25.8 Å². The zero-order chi connectivity index (χ0) is 10.6. The largest absolute Gasteiger partial charge is 0.330 e. The number of nitrogens with two attached hydrogens (primary N) is 2. The first-order chi connectivity index (χ1) is 6.65. The summed E-state index contributed by atoms with van der Waals surface area (Å²) in [5, 5.41) is 0.791. The van der Waals surface area contributed by atoms with Crippen LogP contribution in [0.4, 0.5) is 0 Å². The molecule has 1 aromatic rings. The summed E-state index contributed by atoms with van der Waals surface area (Å²) in [6, 6.07) is 6.00. The van der Waals surface area contributed by atoms with E-state index in [2.05, 4.69) is 0 Å². The summed E-state index contributed by atoms with van der Waals surface area (Å²) in [4.78, 5) is 0. The predicted molar refractivity (Wildman–Crippen MR) is 61.4 cm³/mol. The Morgan fingerprint density at radius 2 is 2.14 bits per heavy atom. The van der Waals surface area contributed by atoms with E-state index in [9.17, 15) is 0 Å². The maximum Gasteiger partial charge on any atom is 0.0435 e. The van der Waals surface area contributed by atoms with Crippen molar-refractivity contribution in [2.75, 3.05) is 6.54 Å². The van der Waals surface area contributed by atoms with Gasteiger partial charge in [-0.1, -0.05) is 23.7 Å². The van der Waals surface area contributed by atoms with Gasteiger partial charge in [0.2, 0.25) is 0 Å². The van der Waals surface area contributed by atoms with Crippen LogP contribution in [0.15, 0.2) is 18.2 Å². The van der Waals surface area contributed by atoms with Crippen LogP contribution in [0.5, 0.6) is 0 Å². The van der Waals surface area contributed by atoms with E-state index in [-0.39, 0.29) is 6.04 Å². The molecule has 4 N–H and O–H groups in total. The molecule has 1 atom stereocenters. The minimum Gasteiger partial charge on any atom is -0.330 e. The minimum absolute atomic E-state index is 0.0783. The monoisotopic (exact) mass is 212 g/mol. The second-order valence-corrected chi connectivity index (χ2v) is 3.95. The second kappa shape index (κ2) is 5.35. The van der Waals surface area contributed by atoms with Crippen LogP contribution in [0.25, 0.3) is 0 Å². The van der Waals surface area contributed by atoms with Crippen molar-refractivity contribution in [1.29, 1.82) is 0 Å². The van der Waals surface area contributed by atoms with E-state index >= 15 is 0 Å². The van der Waals surface area contributed by atoms with Crippen molar-refractivity contribution >= 4 is 11.6 Å². The van der Waals surface area contributed by atoms with Crippen molar-refractivity contribution in [3.63, 3.8) is 0 Å². The van der Waals surface area contributed by atoms with Gasteiger partial charge in [0.05, 0.1) is 0 Å². The number of hydrogen-bond donors (Lipinski definition) is 2. The number of aryl methyl sites for hydroxylation is 1. The summed E-state index contributed by atoms with van der Waals surface area (Å²) in [6.45, 7) is 2.68. The predicted octanol–water partition coefficient (Wildman–Crippen LogP) is 2.39. The van der Waals surface area contributed by atoms with Gasteiger partial charge < -0.3 is 11.5 Å². The Balaban J connectivity index is 2.70. The molecule has 0 radical (unpaired) electrons. The first-order valence-electron chi connectivity index (χ1n) is 4.87. The van der Waals surface area contributed by atoms with Gasteiger partial charge in [0.15, 0.2) is 0 Å². The highest BCUT2D eigenvalue weighted by Crippen LogP contribution is 2.21. The fraction of sp³-hybridized carbons (Fsp3) is 0.455. The zero-order valence-corrected chi connectivity index (χ0v) is 9.22. The molecule has 0 aliphatic rings. The molecule has 1 rings (SSSR count). The summed E-state index contributed by atoms with van der Waals surface area (Å²) in [6.07, 6.45) is 1.89. The van der Waals surface area contributed by atoms with Gasteiger partial charge in [-0.15, -0.1) is 0 Å². The van der Waals surface area contributed by atoms with E-state index in [0.717, 1.165) is 29.0 Å². The second-order valence-electron chi connectivity index (χ2n) is 3.55. The molecule has 0 spiro atoms. The molecular weight excluding hydrogens is 196 g/mol. The van der Waals surface area contributed by atoms with Crippen LogP contribution in [0.3, 0.4) is 0 Å². The highest BCUT2D eigenvalue weighted by Gasteiger charge is 2.06. The van der Waals surface area contributed by atoms with Crippen LogP contribution in [-0.4, -0.2) is 6.54 Å². The molecule has 0 aliphatic heterocycles. The lowest BCUT2D eigenvalue weighted by Gasteiger charge is -2.12. The summed E-state index contributed by atoms with van der Waals surface area (Å²) < 4.78 is 0. The van der Waals surface area contributed by atoms with Crippen molar-refractivity contribution in [1.82, 2.24) is 0 Å². The zero-order valence-electron chi connectivity index (χ0n) is 8.46. The van der Waals surface area contributed by atoms with Gasteiger partial charge in [-0.05, 0) is 43.5 Å². The van der Waals surface area contributed by atoms with E-state index < -0.39 is 0 Å². The first kappa shape index (κ1) is 11.5. The third kappa shape index (κ3) is 2.98. The Hall–Kier alpha value is -0.570. The average Bonchev–Trinajstić information content (AvgIpc) is 2.18. The van der Waals surface area contributed by atoms with Gasteiger partial charge in [0, 0.05) is 11.1 Å². The quantitative estimate of drug-likeness (QED) is 0.805. The Morgan fingerprint density at radius 3 is 2.71 bits per heavy atom. The van der Waals surface area contributed by atoms with E-state index in [1.165, 1.54) is 0 Å². The van der Waals surface area contributed by atoms with Crippen LogP contribution in [0.2, 0.25) is 5.02 Å². The van der Waals surface area contributed by atoms with Crippen LogP contribution in [0.1, 0.15) is 30.0 Å². The molecule has 2 nitrogen and oxygen atoms in total. The van der Waals surface area contributed by atoms with Crippen LogP contribution < -0.4 is 11.5 Å². The van der Waals surface area contributed by atoms with Crippen LogP contribution >= 0.6 is 11.6 Å². The lowest BCUT2D eigenvalue weighted by molar-refractivity contribution is 0.617. The van der Waals surface area contributed by atoms with Gasteiger partial charge >= 0.3 is 0 Å². The van der Waals surface area contributed by atoms with Gasteiger partial charge in [-0.25, -0.2) is 0 Å². The van der Waals surface area contributed by atoms with E-state index in [1.54, 1.807) is 0 Å². The standard InChI is InChI=1S/C11H17ClN2/c1-8-7-9(4-5-10(8)12)11(14)3-2-6-13/h4-5,7,11H,2-3,6,13-14H2,1H3/t11-/m1/s1. The molecule has 0 heterocycles. The molecule has 1 aromatic carbocycles. The summed E-state index contributed by atoms with van der Waals surface area (Å²) >= 11 is 5.93. The summed E-state index contributed by atoms with van der Waals surface area (Å²) in [7, 11) is 0. The summed E-state index contributed by atoms with van der Waals surface area (Å²) in [5.74, 6) is 0. The van der Waals surface area contributed by atoms with Gasteiger partial charge in [0.1, 0.15) is 0 Å². The molecule has 14 heavy (non-hydrogen) atoms. The van der Waals surface area contributed by atoms with Gasteiger partial charge in [-0.2, -0.15) is 0 Å².